The van der Waals surface area contributed by atoms with Gasteiger partial charge in [-0.2, -0.15) is 4.68 Å². The van der Waals surface area contributed by atoms with Crippen LogP contribution in [0.15, 0.2) is 36.4 Å². The van der Waals surface area contributed by atoms with Crippen LogP contribution in [0.25, 0.3) is 0 Å². The van der Waals surface area contributed by atoms with Gasteiger partial charge in [-0.15, -0.1) is 5.10 Å². The Kier molecular flexibility index (Phi) is 9.46. The third-order valence-electron chi connectivity index (χ3n) is 7.78. The molecule has 1 aliphatic rings. The van der Waals surface area contributed by atoms with Gasteiger partial charge in [0, 0.05) is 42.4 Å². The molecule has 43 heavy (non-hydrogen) atoms. The van der Waals surface area contributed by atoms with Gasteiger partial charge in [-0.05, 0) is 72.6 Å². The molecule has 0 radical (unpaired) electrons. The molecule has 1 N–H and O–H groups in total. The molecule has 3 heterocycles. The van der Waals surface area contributed by atoms with Gasteiger partial charge >= 0.3 is 12.1 Å². The first-order chi connectivity index (χ1) is 20.1. The van der Waals surface area contributed by atoms with E-state index < -0.39 is 34.7 Å². The first-order valence-corrected chi connectivity index (χ1v) is 14.5. The predicted molar refractivity (Wildman–Crippen MR) is 159 cm³/mol. The van der Waals surface area contributed by atoms with E-state index in [4.69, 9.17) is 21.1 Å². The minimum Gasteiger partial charge on any atom is -0.469 e. The van der Waals surface area contributed by atoms with E-state index in [0.29, 0.717) is 42.3 Å². The van der Waals surface area contributed by atoms with Crippen LogP contribution in [0.1, 0.15) is 70.5 Å². The van der Waals surface area contributed by atoms with E-state index in [1.54, 1.807) is 45.9 Å². The molecule has 232 valence electrons. The molecule has 1 aromatic carbocycles. The number of benzene rings is 1. The molecule has 3 atom stereocenters. The van der Waals surface area contributed by atoms with E-state index in [9.17, 15) is 14.0 Å². The number of carbonyl (C=O) groups excluding carboxylic acids is 2. The van der Waals surface area contributed by atoms with Crippen molar-refractivity contribution in [1.29, 1.82) is 0 Å². The second-order valence-corrected chi connectivity index (χ2v) is 12.5. The molecule has 4 rings (SSSR count). The van der Waals surface area contributed by atoms with Gasteiger partial charge in [0.1, 0.15) is 23.1 Å². The number of ether oxygens (including phenoxy) is 2. The Morgan fingerprint density at radius 1 is 1.21 bits per heavy atom. The smallest absolute Gasteiger partial charge is 0.435 e. The van der Waals surface area contributed by atoms with Crippen LogP contribution in [0.3, 0.4) is 0 Å². The van der Waals surface area contributed by atoms with E-state index in [0.717, 1.165) is 4.68 Å². The van der Waals surface area contributed by atoms with Crippen molar-refractivity contribution in [3.8, 4) is 0 Å². The molecule has 0 amide bonds. The van der Waals surface area contributed by atoms with Crippen LogP contribution in [0.2, 0.25) is 5.02 Å². The number of rotatable bonds is 7. The number of nitrogens with one attached hydrogen (secondary N) is 1. The molecule has 2 unspecified atom stereocenters. The highest BCUT2D eigenvalue weighted by atomic mass is 35.5. The maximum Gasteiger partial charge on any atom is 0.435 e. The fourth-order valence-electron chi connectivity index (χ4n) is 5.74. The molecule has 2 aromatic heterocycles. The van der Waals surface area contributed by atoms with Gasteiger partial charge in [-0.25, -0.2) is 18.6 Å². The zero-order chi connectivity index (χ0) is 31.7. The van der Waals surface area contributed by atoms with Crippen molar-refractivity contribution in [3.05, 3.63) is 70.0 Å². The number of likely N-dealkylation sites (tertiary alicyclic amines) is 1. The van der Waals surface area contributed by atoms with Gasteiger partial charge < -0.3 is 14.8 Å². The van der Waals surface area contributed by atoms with Gasteiger partial charge in [0.15, 0.2) is 5.82 Å². The molecule has 0 aliphatic carbocycles. The summed E-state index contributed by atoms with van der Waals surface area (Å²) in [5.74, 6) is -0.864. The largest absolute Gasteiger partial charge is 0.469 e. The predicted octanol–water partition coefficient (Wildman–Crippen LogP) is 6.99. The van der Waals surface area contributed by atoms with E-state index in [2.05, 4.69) is 20.3 Å². The lowest BCUT2D eigenvalue weighted by Crippen LogP contribution is -2.51. The zero-order valence-electron chi connectivity index (χ0n) is 25.5. The Morgan fingerprint density at radius 2 is 1.93 bits per heavy atom. The lowest BCUT2D eigenvalue weighted by atomic mass is 9.71. The number of hydrogen-bond acceptors (Lipinski definition) is 8. The highest BCUT2D eigenvalue weighted by molar-refractivity contribution is 6.30. The van der Waals surface area contributed by atoms with E-state index in [-0.39, 0.29) is 29.2 Å². The van der Waals surface area contributed by atoms with Gasteiger partial charge in [0.05, 0.1) is 23.2 Å². The number of pyridine rings is 1. The number of anilines is 2. The summed E-state index contributed by atoms with van der Waals surface area (Å²) >= 11 is 6.03. The number of piperidine rings is 1. The monoisotopic (exact) mass is 617 g/mol. The number of hydrogen-bond donors (Lipinski definition) is 1. The summed E-state index contributed by atoms with van der Waals surface area (Å²) in [6.07, 6.45) is 0.0859. The summed E-state index contributed by atoms with van der Waals surface area (Å²) in [5.41, 5.74) is -0.632. The Hall–Kier alpha value is -3.57. The van der Waals surface area contributed by atoms with Gasteiger partial charge in [-0.1, -0.05) is 23.7 Å². The fourth-order valence-corrected chi connectivity index (χ4v) is 5.92. The Labute approximate surface area is 255 Å². The molecule has 9 nitrogen and oxygen atoms in total. The van der Waals surface area contributed by atoms with E-state index in [1.165, 1.54) is 25.3 Å². The van der Waals surface area contributed by atoms with Crippen LogP contribution >= 0.6 is 11.6 Å². The third kappa shape index (κ3) is 7.15. The Bertz CT molecular complexity index is 1510. The van der Waals surface area contributed by atoms with Crippen molar-refractivity contribution in [2.24, 2.45) is 5.41 Å². The second-order valence-electron chi connectivity index (χ2n) is 12.1. The van der Waals surface area contributed by atoms with Crippen LogP contribution in [0, 0.1) is 24.0 Å². The molecular formula is C31H38ClF2N5O4. The first kappa shape index (κ1) is 32.3. The quantitative estimate of drug-likeness (QED) is 0.283. The molecule has 12 heteroatoms. The number of nitrogens with zero attached hydrogens (tertiary/aromatic N) is 4. The van der Waals surface area contributed by atoms with Crippen LogP contribution < -0.4 is 5.32 Å². The standard InChI is InChI=1S/C31H38ClF2N5O4/c1-18-15-26(37-39(18)29(41)43-30(4,5)6)36-25-12-11-23(33)24(35-25)17-31(28(40)42-7)13-14-38(19(2)16-31)20(3)21-9-8-10-22(32)27(21)34/h8-12,15,19-20H,13-14,16-17H2,1-7H3,(H,35,36,37)/t19-,20?,31?/m1/s1. The zero-order valence-corrected chi connectivity index (χ0v) is 26.3. The van der Waals surface area contributed by atoms with Crippen molar-refractivity contribution in [1.82, 2.24) is 19.7 Å². The molecule has 3 aromatic rings. The van der Waals surface area contributed by atoms with Gasteiger partial charge in [0.2, 0.25) is 0 Å². The molecule has 1 saturated heterocycles. The lowest BCUT2D eigenvalue weighted by molar-refractivity contribution is -0.158. The number of esters is 1. The van der Waals surface area contributed by atoms with Crippen molar-refractivity contribution in [3.63, 3.8) is 0 Å². The highest BCUT2D eigenvalue weighted by Gasteiger charge is 2.47. The van der Waals surface area contributed by atoms with Crippen molar-refractivity contribution >= 4 is 35.3 Å². The van der Waals surface area contributed by atoms with Crippen LogP contribution in [-0.4, -0.2) is 57.0 Å². The highest BCUT2D eigenvalue weighted by Crippen LogP contribution is 2.42. The lowest BCUT2D eigenvalue weighted by Gasteiger charge is -2.46. The second kappa shape index (κ2) is 12.6. The normalized spacial score (nSPS) is 20.0. The maximum absolute atomic E-state index is 15.2. The first-order valence-electron chi connectivity index (χ1n) is 14.1. The molecule has 0 bridgehead atoms. The topological polar surface area (TPSA) is 98.6 Å². The van der Waals surface area contributed by atoms with Crippen LogP contribution in [0.4, 0.5) is 25.2 Å². The van der Waals surface area contributed by atoms with Gasteiger partial charge in [-0.3, -0.25) is 9.69 Å². The van der Waals surface area contributed by atoms with E-state index >= 15 is 4.39 Å². The molecule has 1 aliphatic heterocycles. The summed E-state index contributed by atoms with van der Waals surface area (Å²) in [7, 11) is 1.32. The van der Waals surface area contributed by atoms with Crippen LogP contribution in [0.5, 0.6) is 0 Å². The Morgan fingerprint density at radius 3 is 2.58 bits per heavy atom. The van der Waals surface area contributed by atoms with Crippen molar-refractivity contribution < 1.29 is 27.8 Å². The maximum atomic E-state index is 15.2. The van der Waals surface area contributed by atoms with Crippen LogP contribution in [-0.2, 0) is 20.7 Å². The fraction of sp³-hybridized carbons (Fsp3) is 0.484. The number of aromatic nitrogens is 3. The minimum absolute atomic E-state index is 0.00446. The molecule has 0 saturated carbocycles. The Balaban J connectivity index is 1.55. The van der Waals surface area contributed by atoms with Crippen molar-refractivity contribution in [2.75, 3.05) is 19.0 Å². The number of carbonyl (C=O) groups is 2. The summed E-state index contributed by atoms with van der Waals surface area (Å²) in [6.45, 7) is 11.3. The molecule has 1 fully saturated rings. The number of methoxy groups -OCH3 is 1. The summed E-state index contributed by atoms with van der Waals surface area (Å²) < 4.78 is 41.7. The van der Waals surface area contributed by atoms with Gasteiger partial charge in [0.25, 0.3) is 0 Å². The van der Waals surface area contributed by atoms with E-state index in [1.807, 2.05) is 13.8 Å². The molecule has 0 spiro atoms. The number of halogens is 3. The molecular weight excluding hydrogens is 580 g/mol. The summed E-state index contributed by atoms with van der Waals surface area (Å²) in [6, 6.07) is 8.84. The summed E-state index contributed by atoms with van der Waals surface area (Å²) in [5, 5.41) is 7.34. The SMILES string of the molecule is COC(=O)C1(Cc2nc(Nc3cc(C)n(C(=O)OC(C)(C)C)n3)ccc2F)CCN(C(C)c2cccc(Cl)c2F)[C@H](C)C1. The van der Waals surface area contributed by atoms with Crippen molar-refractivity contribution in [2.45, 2.75) is 78.5 Å². The number of aryl methyl sites for hydroxylation is 1. The average Bonchev–Trinajstić information content (AvgIpc) is 3.30. The third-order valence-corrected chi connectivity index (χ3v) is 8.07. The average molecular weight is 618 g/mol. The summed E-state index contributed by atoms with van der Waals surface area (Å²) in [4.78, 5) is 32.3. The minimum atomic E-state index is -1.04.